The van der Waals surface area contributed by atoms with Gasteiger partial charge in [-0.3, -0.25) is 9.48 Å². The number of rotatable bonds is 4. The molecule has 102 valence electrons. The van der Waals surface area contributed by atoms with Crippen molar-refractivity contribution in [1.29, 1.82) is 0 Å². The van der Waals surface area contributed by atoms with Crippen molar-refractivity contribution in [3.05, 3.63) is 46.7 Å². The van der Waals surface area contributed by atoms with Crippen molar-refractivity contribution in [3.63, 3.8) is 0 Å². The summed E-state index contributed by atoms with van der Waals surface area (Å²) >= 11 is 3.37. The van der Waals surface area contributed by atoms with Crippen LogP contribution in [0.3, 0.4) is 0 Å². The average molecular weight is 332 g/mol. The molecular formula is C15H14BrN3O. The molecule has 5 heteroatoms. The van der Waals surface area contributed by atoms with Crippen LogP contribution in [0.5, 0.6) is 0 Å². The molecule has 0 bridgehead atoms. The van der Waals surface area contributed by atoms with E-state index in [1.165, 1.54) is 5.56 Å². The normalized spacial score (nSPS) is 9.70. The van der Waals surface area contributed by atoms with Crippen LogP contribution < -0.4 is 5.32 Å². The Kier molecular flexibility index (Phi) is 4.97. The second-order valence-corrected chi connectivity index (χ2v) is 5.11. The van der Waals surface area contributed by atoms with E-state index in [0.29, 0.717) is 0 Å². The van der Waals surface area contributed by atoms with Crippen LogP contribution in [0, 0.1) is 11.8 Å². The Morgan fingerprint density at radius 3 is 2.75 bits per heavy atom. The summed E-state index contributed by atoms with van der Waals surface area (Å²) in [6.07, 6.45) is 4.60. The molecule has 1 heterocycles. The quantitative estimate of drug-likeness (QED) is 0.875. The number of benzene rings is 1. The van der Waals surface area contributed by atoms with Gasteiger partial charge in [0.2, 0.25) is 0 Å². The fourth-order valence-corrected chi connectivity index (χ4v) is 2.06. The minimum Gasteiger partial charge on any atom is -0.315 e. The number of amides is 1. The van der Waals surface area contributed by atoms with Gasteiger partial charge < -0.3 is 5.32 Å². The fraction of sp³-hybridized carbons (Fsp3) is 0.200. The Morgan fingerprint density at radius 1 is 1.40 bits per heavy atom. The molecule has 0 saturated heterocycles. The van der Waals surface area contributed by atoms with Crippen molar-refractivity contribution < 1.29 is 4.79 Å². The lowest BCUT2D eigenvalue weighted by molar-refractivity contribution is -0.111. The topological polar surface area (TPSA) is 46.9 Å². The van der Waals surface area contributed by atoms with Crippen molar-refractivity contribution in [3.8, 4) is 11.8 Å². The van der Waals surface area contributed by atoms with E-state index in [2.05, 4.69) is 38.2 Å². The molecule has 0 aliphatic carbocycles. The van der Waals surface area contributed by atoms with Crippen LogP contribution in [-0.2, 0) is 17.8 Å². The van der Waals surface area contributed by atoms with E-state index in [1.807, 2.05) is 35.1 Å². The standard InChI is InChI=1S/C15H14BrN3O/c1-2-3-15(20)18-14-6-4-12(5-7-14)8-9-19-11-13(16)10-17-19/h4-7,10-11H,8-9H2,1H3,(H,18,20). The molecule has 0 fully saturated rings. The summed E-state index contributed by atoms with van der Waals surface area (Å²) in [6, 6.07) is 7.74. The molecule has 1 aromatic carbocycles. The molecule has 0 aliphatic heterocycles. The highest BCUT2D eigenvalue weighted by molar-refractivity contribution is 9.10. The smallest absolute Gasteiger partial charge is 0.300 e. The molecule has 0 saturated carbocycles. The molecular weight excluding hydrogens is 318 g/mol. The van der Waals surface area contributed by atoms with Gasteiger partial charge in [-0.2, -0.15) is 5.10 Å². The number of aryl methyl sites for hydroxylation is 2. The van der Waals surface area contributed by atoms with Crippen LogP contribution in [0.1, 0.15) is 12.5 Å². The van der Waals surface area contributed by atoms with Gasteiger partial charge in [-0.05, 0) is 52.9 Å². The van der Waals surface area contributed by atoms with Gasteiger partial charge in [0.15, 0.2) is 0 Å². The number of hydrogen-bond acceptors (Lipinski definition) is 2. The molecule has 20 heavy (non-hydrogen) atoms. The zero-order chi connectivity index (χ0) is 14.4. The predicted molar refractivity (Wildman–Crippen MR) is 82.2 cm³/mol. The third-order valence-corrected chi connectivity index (χ3v) is 3.09. The first-order valence-electron chi connectivity index (χ1n) is 6.18. The van der Waals surface area contributed by atoms with E-state index in [9.17, 15) is 4.79 Å². The van der Waals surface area contributed by atoms with Crippen LogP contribution >= 0.6 is 15.9 Å². The Bertz CT molecular complexity index is 650. The molecule has 2 rings (SSSR count). The van der Waals surface area contributed by atoms with Gasteiger partial charge in [0.1, 0.15) is 0 Å². The second kappa shape index (κ2) is 6.92. The maximum Gasteiger partial charge on any atom is 0.300 e. The Balaban J connectivity index is 1.90. The summed E-state index contributed by atoms with van der Waals surface area (Å²) < 4.78 is 2.86. The zero-order valence-corrected chi connectivity index (χ0v) is 12.6. The van der Waals surface area contributed by atoms with E-state index in [1.54, 1.807) is 13.1 Å². The zero-order valence-electron chi connectivity index (χ0n) is 11.1. The number of anilines is 1. The van der Waals surface area contributed by atoms with Crippen molar-refractivity contribution in [2.24, 2.45) is 0 Å². The first-order chi connectivity index (χ1) is 9.67. The van der Waals surface area contributed by atoms with E-state index < -0.39 is 0 Å². The van der Waals surface area contributed by atoms with Gasteiger partial charge in [0.25, 0.3) is 5.91 Å². The Labute approximate surface area is 126 Å². The van der Waals surface area contributed by atoms with Crippen molar-refractivity contribution in [2.75, 3.05) is 5.32 Å². The number of halogens is 1. The Morgan fingerprint density at radius 2 is 2.15 bits per heavy atom. The highest BCUT2D eigenvalue weighted by Gasteiger charge is 2.00. The summed E-state index contributed by atoms with van der Waals surface area (Å²) in [7, 11) is 0. The molecule has 0 atom stereocenters. The van der Waals surface area contributed by atoms with Crippen LogP contribution in [0.2, 0.25) is 0 Å². The maximum atomic E-state index is 11.3. The van der Waals surface area contributed by atoms with Crippen LogP contribution in [0.4, 0.5) is 5.69 Å². The third-order valence-electron chi connectivity index (χ3n) is 2.68. The van der Waals surface area contributed by atoms with Gasteiger partial charge in [-0.25, -0.2) is 0 Å². The highest BCUT2D eigenvalue weighted by Crippen LogP contribution is 2.11. The van der Waals surface area contributed by atoms with E-state index in [4.69, 9.17) is 0 Å². The molecule has 1 aromatic heterocycles. The van der Waals surface area contributed by atoms with Crippen molar-refractivity contribution in [1.82, 2.24) is 9.78 Å². The number of nitrogens with one attached hydrogen (secondary N) is 1. The van der Waals surface area contributed by atoms with Crippen molar-refractivity contribution in [2.45, 2.75) is 19.9 Å². The molecule has 0 unspecified atom stereocenters. The van der Waals surface area contributed by atoms with Gasteiger partial charge >= 0.3 is 0 Å². The molecule has 4 nitrogen and oxygen atoms in total. The number of carbonyl (C=O) groups excluding carboxylic acids is 1. The molecule has 0 aliphatic rings. The Hall–Kier alpha value is -2.06. The summed E-state index contributed by atoms with van der Waals surface area (Å²) in [4.78, 5) is 11.3. The summed E-state index contributed by atoms with van der Waals surface area (Å²) in [5, 5.41) is 6.92. The lowest BCUT2D eigenvalue weighted by Gasteiger charge is -2.04. The lowest BCUT2D eigenvalue weighted by Crippen LogP contribution is -2.08. The molecule has 2 aromatic rings. The van der Waals surface area contributed by atoms with Crippen LogP contribution in [0.25, 0.3) is 0 Å². The summed E-state index contributed by atoms with van der Waals surface area (Å²) in [5.74, 6) is 4.72. The van der Waals surface area contributed by atoms with E-state index in [-0.39, 0.29) is 5.91 Å². The van der Waals surface area contributed by atoms with Gasteiger partial charge in [0, 0.05) is 18.4 Å². The maximum absolute atomic E-state index is 11.3. The van der Waals surface area contributed by atoms with E-state index >= 15 is 0 Å². The fourth-order valence-electron chi connectivity index (χ4n) is 1.73. The second-order valence-electron chi connectivity index (χ2n) is 4.20. The molecule has 1 N–H and O–H groups in total. The highest BCUT2D eigenvalue weighted by atomic mass is 79.9. The minimum absolute atomic E-state index is 0.290. The average Bonchev–Trinajstić information content (AvgIpc) is 2.84. The van der Waals surface area contributed by atoms with Gasteiger partial charge in [0.05, 0.1) is 10.7 Å². The minimum atomic E-state index is -0.290. The van der Waals surface area contributed by atoms with Gasteiger partial charge in [-0.1, -0.05) is 18.1 Å². The number of carbonyl (C=O) groups is 1. The first kappa shape index (κ1) is 14.4. The number of nitrogens with zero attached hydrogens (tertiary/aromatic N) is 2. The summed E-state index contributed by atoms with van der Waals surface area (Å²) in [6.45, 7) is 2.45. The largest absolute Gasteiger partial charge is 0.315 e. The monoisotopic (exact) mass is 331 g/mol. The number of hydrogen-bond donors (Lipinski definition) is 1. The lowest BCUT2D eigenvalue weighted by atomic mass is 10.1. The van der Waals surface area contributed by atoms with Crippen LogP contribution in [0.15, 0.2) is 41.1 Å². The summed E-state index contributed by atoms with van der Waals surface area (Å²) in [5.41, 5.74) is 1.94. The third kappa shape index (κ3) is 4.25. The van der Waals surface area contributed by atoms with Gasteiger partial charge in [-0.15, -0.1) is 0 Å². The predicted octanol–water partition coefficient (Wildman–Crippen LogP) is 2.85. The first-order valence-corrected chi connectivity index (χ1v) is 6.97. The molecule has 0 radical (unpaired) electrons. The van der Waals surface area contributed by atoms with Crippen LogP contribution in [-0.4, -0.2) is 15.7 Å². The molecule has 0 spiro atoms. The molecule has 1 amide bonds. The number of aromatic nitrogens is 2. The van der Waals surface area contributed by atoms with E-state index in [0.717, 1.165) is 23.1 Å². The SMILES string of the molecule is CC#CC(=O)Nc1ccc(CCn2cc(Br)cn2)cc1. The van der Waals surface area contributed by atoms with Crippen molar-refractivity contribution >= 4 is 27.5 Å².